The van der Waals surface area contributed by atoms with Crippen LogP contribution in [0.1, 0.15) is 68.8 Å². The van der Waals surface area contributed by atoms with Crippen LogP contribution >= 0.6 is 0 Å². The Balaban J connectivity index is 1.53. The number of aromatic nitrogens is 5. The van der Waals surface area contributed by atoms with Crippen molar-refractivity contribution in [3.8, 4) is 0 Å². The maximum Gasteiger partial charge on any atom is 0.229 e. The predicted octanol–water partition coefficient (Wildman–Crippen LogP) is 3.51. The van der Waals surface area contributed by atoms with Crippen molar-refractivity contribution in [3.05, 3.63) is 35.7 Å². The van der Waals surface area contributed by atoms with Crippen LogP contribution in [0.5, 0.6) is 0 Å². The molecule has 0 bridgehead atoms. The van der Waals surface area contributed by atoms with Crippen molar-refractivity contribution in [1.82, 2.24) is 24.7 Å². The SMILES string of the molecule is CC(C)c1cc(NCc2noc(C3CCCC3)n2)n2nccc2n1. The van der Waals surface area contributed by atoms with E-state index >= 15 is 0 Å². The van der Waals surface area contributed by atoms with Gasteiger partial charge >= 0.3 is 0 Å². The van der Waals surface area contributed by atoms with E-state index in [1.807, 2.05) is 12.1 Å². The lowest BCUT2D eigenvalue weighted by atomic mass is 10.1. The van der Waals surface area contributed by atoms with Gasteiger partial charge in [-0.3, -0.25) is 0 Å². The Morgan fingerprint density at radius 2 is 2.12 bits per heavy atom. The van der Waals surface area contributed by atoms with Crippen LogP contribution in [0.3, 0.4) is 0 Å². The van der Waals surface area contributed by atoms with Gasteiger partial charge in [-0.15, -0.1) is 0 Å². The van der Waals surface area contributed by atoms with Crippen LogP contribution in [0.25, 0.3) is 5.65 Å². The second-order valence-electron chi connectivity index (χ2n) is 6.71. The molecule has 1 fully saturated rings. The number of fused-ring (bicyclic) bond motifs is 1. The Bertz CT molecular complexity index is 831. The highest BCUT2D eigenvalue weighted by Gasteiger charge is 2.23. The lowest BCUT2D eigenvalue weighted by molar-refractivity contribution is 0.350. The smallest absolute Gasteiger partial charge is 0.229 e. The minimum atomic E-state index is 0.351. The molecule has 0 aromatic carbocycles. The normalized spacial score (nSPS) is 15.6. The van der Waals surface area contributed by atoms with Crippen LogP contribution in [-0.4, -0.2) is 24.7 Å². The van der Waals surface area contributed by atoms with Crippen LogP contribution in [0, 0.1) is 0 Å². The molecule has 1 aliphatic carbocycles. The van der Waals surface area contributed by atoms with Crippen molar-refractivity contribution < 1.29 is 4.52 Å². The Kier molecular flexibility index (Phi) is 3.92. The first-order chi connectivity index (χ1) is 11.7. The maximum atomic E-state index is 5.44. The van der Waals surface area contributed by atoms with E-state index in [9.17, 15) is 0 Å². The first kappa shape index (κ1) is 15.1. The van der Waals surface area contributed by atoms with Crippen LogP contribution in [0.2, 0.25) is 0 Å². The van der Waals surface area contributed by atoms with E-state index in [1.165, 1.54) is 12.8 Å². The van der Waals surface area contributed by atoms with E-state index in [-0.39, 0.29) is 0 Å². The van der Waals surface area contributed by atoms with Crippen molar-refractivity contribution in [2.45, 2.75) is 57.9 Å². The molecule has 3 aromatic heterocycles. The molecule has 1 N–H and O–H groups in total. The van der Waals surface area contributed by atoms with Crippen LogP contribution in [0.15, 0.2) is 22.9 Å². The monoisotopic (exact) mass is 326 g/mol. The minimum absolute atomic E-state index is 0.351. The van der Waals surface area contributed by atoms with Gasteiger partial charge in [0.25, 0.3) is 0 Å². The van der Waals surface area contributed by atoms with Crippen molar-refractivity contribution in [2.75, 3.05) is 5.32 Å². The summed E-state index contributed by atoms with van der Waals surface area (Å²) in [5.74, 6) is 3.15. The quantitative estimate of drug-likeness (QED) is 0.773. The Labute approximate surface area is 140 Å². The molecule has 24 heavy (non-hydrogen) atoms. The fourth-order valence-electron chi connectivity index (χ4n) is 3.20. The summed E-state index contributed by atoms with van der Waals surface area (Å²) < 4.78 is 7.23. The van der Waals surface area contributed by atoms with Crippen molar-refractivity contribution in [2.24, 2.45) is 0 Å². The minimum Gasteiger partial charge on any atom is -0.362 e. The molecule has 0 unspecified atom stereocenters. The summed E-state index contributed by atoms with van der Waals surface area (Å²) in [5, 5.41) is 11.8. The molecule has 7 nitrogen and oxygen atoms in total. The van der Waals surface area contributed by atoms with E-state index in [4.69, 9.17) is 4.52 Å². The lowest BCUT2D eigenvalue weighted by Crippen LogP contribution is -2.09. The lowest BCUT2D eigenvalue weighted by Gasteiger charge is -2.10. The van der Waals surface area contributed by atoms with Crippen LogP contribution in [-0.2, 0) is 6.54 Å². The van der Waals surface area contributed by atoms with E-state index in [2.05, 4.69) is 39.4 Å². The van der Waals surface area contributed by atoms with Crippen LogP contribution < -0.4 is 5.32 Å². The number of hydrogen-bond acceptors (Lipinski definition) is 6. The van der Waals surface area contributed by atoms with E-state index in [1.54, 1.807) is 10.7 Å². The molecule has 3 aromatic rings. The third-order valence-electron chi connectivity index (χ3n) is 4.59. The molecular weight excluding hydrogens is 304 g/mol. The fraction of sp³-hybridized carbons (Fsp3) is 0.529. The van der Waals surface area contributed by atoms with Gasteiger partial charge < -0.3 is 9.84 Å². The number of rotatable bonds is 5. The van der Waals surface area contributed by atoms with E-state index in [0.717, 1.165) is 35.9 Å². The number of nitrogens with zero attached hydrogens (tertiary/aromatic N) is 5. The molecule has 4 rings (SSSR count). The second kappa shape index (κ2) is 6.22. The number of hydrogen-bond donors (Lipinski definition) is 1. The molecule has 0 aliphatic heterocycles. The number of nitrogens with one attached hydrogen (secondary N) is 1. The van der Waals surface area contributed by atoms with Gasteiger partial charge in [-0.05, 0) is 18.8 Å². The van der Waals surface area contributed by atoms with Gasteiger partial charge in [0.15, 0.2) is 11.5 Å². The van der Waals surface area contributed by atoms with E-state index in [0.29, 0.717) is 24.2 Å². The highest BCUT2D eigenvalue weighted by Crippen LogP contribution is 2.32. The predicted molar refractivity (Wildman–Crippen MR) is 89.9 cm³/mol. The topological polar surface area (TPSA) is 81.1 Å². The zero-order chi connectivity index (χ0) is 16.5. The van der Waals surface area contributed by atoms with Gasteiger partial charge in [-0.1, -0.05) is 31.8 Å². The van der Waals surface area contributed by atoms with Crippen molar-refractivity contribution >= 4 is 11.5 Å². The van der Waals surface area contributed by atoms with Gasteiger partial charge in [0, 0.05) is 23.7 Å². The molecule has 1 aliphatic rings. The average Bonchev–Trinajstić information content (AvgIpc) is 3.31. The van der Waals surface area contributed by atoms with Gasteiger partial charge in [-0.2, -0.15) is 14.6 Å². The molecular formula is C17H22N6O. The average molecular weight is 326 g/mol. The number of anilines is 1. The highest BCUT2D eigenvalue weighted by atomic mass is 16.5. The molecule has 0 radical (unpaired) electrons. The fourth-order valence-corrected chi connectivity index (χ4v) is 3.20. The summed E-state index contributed by atoms with van der Waals surface area (Å²) in [6, 6.07) is 3.94. The summed E-state index contributed by atoms with van der Waals surface area (Å²) in [4.78, 5) is 9.16. The molecule has 0 amide bonds. The third kappa shape index (κ3) is 2.86. The first-order valence-electron chi connectivity index (χ1n) is 8.62. The second-order valence-corrected chi connectivity index (χ2v) is 6.71. The molecule has 0 spiro atoms. The summed E-state index contributed by atoms with van der Waals surface area (Å²) in [5.41, 5.74) is 1.87. The van der Waals surface area contributed by atoms with Gasteiger partial charge in [-0.25, -0.2) is 4.98 Å². The largest absolute Gasteiger partial charge is 0.362 e. The van der Waals surface area contributed by atoms with Gasteiger partial charge in [0.2, 0.25) is 5.89 Å². The Morgan fingerprint density at radius 3 is 2.92 bits per heavy atom. The van der Waals surface area contributed by atoms with Crippen molar-refractivity contribution in [3.63, 3.8) is 0 Å². The zero-order valence-corrected chi connectivity index (χ0v) is 14.1. The summed E-state index contributed by atoms with van der Waals surface area (Å²) >= 11 is 0. The third-order valence-corrected chi connectivity index (χ3v) is 4.59. The maximum absolute atomic E-state index is 5.44. The summed E-state index contributed by atoms with van der Waals surface area (Å²) in [6.07, 6.45) is 6.58. The van der Waals surface area contributed by atoms with Crippen LogP contribution in [0.4, 0.5) is 5.82 Å². The molecule has 3 heterocycles. The molecule has 0 atom stereocenters. The van der Waals surface area contributed by atoms with Crippen molar-refractivity contribution in [1.29, 1.82) is 0 Å². The summed E-state index contributed by atoms with van der Waals surface area (Å²) in [7, 11) is 0. The standard InChI is InChI=1S/C17H22N6O/c1-11(2)13-9-16(23-15(20-13)7-8-19-23)18-10-14-21-17(24-22-14)12-5-3-4-6-12/h7-9,11-12,18H,3-6,10H2,1-2H3. The Hall–Kier alpha value is -2.44. The zero-order valence-electron chi connectivity index (χ0n) is 14.1. The van der Waals surface area contributed by atoms with E-state index < -0.39 is 0 Å². The first-order valence-corrected chi connectivity index (χ1v) is 8.62. The summed E-state index contributed by atoms with van der Waals surface area (Å²) in [6.45, 7) is 4.77. The molecule has 126 valence electrons. The Morgan fingerprint density at radius 1 is 1.29 bits per heavy atom. The molecule has 0 saturated heterocycles. The van der Waals surface area contributed by atoms with Gasteiger partial charge in [0.1, 0.15) is 5.82 Å². The molecule has 1 saturated carbocycles. The van der Waals surface area contributed by atoms with Gasteiger partial charge in [0.05, 0.1) is 12.7 Å². The molecule has 7 heteroatoms. The highest BCUT2D eigenvalue weighted by molar-refractivity contribution is 5.49.